The maximum absolute atomic E-state index is 12.5. The summed E-state index contributed by atoms with van der Waals surface area (Å²) in [4.78, 5) is 28.1. The number of rotatable bonds is 4. The van der Waals surface area contributed by atoms with Crippen molar-refractivity contribution in [3.8, 4) is 0 Å². The highest BCUT2D eigenvalue weighted by Gasteiger charge is 2.44. The highest BCUT2D eigenvalue weighted by Crippen LogP contribution is 2.26. The molecule has 5 nitrogen and oxygen atoms in total. The van der Waals surface area contributed by atoms with Gasteiger partial charge in [-0.25, -0.2) is 0 Å². The van der Waals surface area contributed by atoms with Crippen LogP contribution in [0.4, 0.5) is 0 Å². The molecule has 2 amide bonds. The molecule has 0 unspecified atom stereocenters. The summed E-state index contributed by atoms with van der Waals surface area (Å²) in [5.74, 6) is 0.155. The summed E-state index contributed by atoms with van der Waals surface area (Å²) in [6.07, 6.45) is 8.98. The molecular weight excluding hydrogens is 280 g/mol. The lowest BCUT2D eigenvalue weighted by Crippen LogP contribution is -2.53. The van der Waals surface area contributed by atoms with E-state index in [2.05, 4.69) is 12.7 Å². The van der Waals surface area contributed by atoms with Crippen LogP contribution in [0.25, 0.3) is 0 Å². The van der Waals surface area contributed by atoms with Crippen molar-refractivity contribution in [2.45, 2.75) is 44.2 Å². The molecule has 0 spiro atoms. The number of likely N-dealkylation sites (tertiary alicyclic amines) is 1. The highest BCUT2D eigenvalue weighted by atomic mass is 16.5. The molecule has 0 saturated carbocycles. The van der Waals surface area contributed by atoms with Crippen molar-refractivity contribution in [2.24, 2.45) is 0 Å². The number of morpholine rings is 1. The molecule has 2 saturated heterocycles. The minimum Gasteiger partial charge on any atom is -0.364 e. The topological polar surface area (TPSA) is 49.9 Å². The van der Waals surface area contributed by atoms with Gasteiger partial charge in [0.05, 0.1) is 12.1 Å². The summed E-state index contributed by atoms with van der Waals surface area (Å²) in [6.45, 7) is 5.52. The molecule has 0 radical (unpaired) electrons. The number of nitrogens with zero attached hydrogens (tertiary/aromatic N) is 2. The number of carbonyl (C=O) groups is 2. The maximum Gasteiger partial charge on any atom is 0.249 e. The molecule has 0 aromatic carbocycles. The number of hydrogen-bond acceptors (Lipinski definition) is 3. The Labute approximate surface area is 131 Å². The third-order valence-electron chi connectivity index (χ3n) is 4.82. The largest absolute Gasteiger partial charge is 0.364 e. The highest BCUT2D eigenvalue weighted by molar-refractivity contribution is 5.81. The molecule has 2 heterocycles. The summed E-state index contributed by atoms with van der Waals surface area (Å²) >= 11 is 0. The first-order valence-corrected chi connectivity index (χ1v) is 8.16. The third-order valence-corrected chi connectivity index (χ3v) is 4.82. The summed E-state index contributed by atoms with van der Waals surface area (Å²) in [6, 6.07) is -0.0245. The molecule has 1 aliphatic carbocycles. The fourth-order valence-electron chi connectivity index (χ4n) is 3.62. The van der Waals surface area contributed by atoms with Crippen LogP contribution in [0.5, 0.6) is 0 Å². The van der Waals surface area contributed by atoms with Crippen molar-refractivity contribution in [1.82, 2.24) is 9.80 Å². The van der Waals surface area contributed by atoms with Crippen molar-refractivity contribution >= 4 is 11.8 Å². The normalized spacial score (nSPS) is 28.4. The Bertz CT molecular complexity index is 500. The Morgan fingerprint density at radius 3 is 3.00 bits per heavy atom. The van der Waals surface area contributed by atoms with Gasteiger partial charge in [0, 0.05) is 26.1 Å². The number of ether oxygens (including phenoxy) is 1. The summed E-state index contributed by atoms with van der Waals surface area (Å²) < 4.78 is 5.63. The van der Waals surface area contributed by atoms with Crippen LogP contribution in [-0.4, -0.2) is 60.0 Å². The first-order chi connectivity index (χ1) is 10.7. The van der Waals surface area contributed by atoms with Crippen molar-refractivity contribution in [3.05, 3.63) is 24.3 Å². The van der Waals surface area contributed by atoms with Crippen LogP contribution >= 0.6 is 0 Å². The average molecular weight is 304 g/mol. The monoisotopic (exact) mass is 304 g/mol. The van der Waals surface area contributed by atoms with E-state index in [-0.39, 0.29) is 30.6 Å². The van der Waals surface area contributed by atoms with Crippen LogP contribution in [0, 0.1) is 0 Å². The zero-order valence-corrected chi connectivity index (χ0v) is 13.0. The number of carbonyl (C=O) groups excluding carboxylic acids is 2. The van der Waals surface area contributed by atoms with Gasteiger partial charge in [-0.2, -0.15) is 0 Å². The predicted molar refractivity (Wildman–Crippen MR) is 83.2 cm³/mol. The van der Waals surface area contributed by atoms with Crippen molar-refractivity contribution < 1.29 is 14.3 Å². The zero-order chi connectivity index (χ0) is 15.5. The lowest BCUT2D eigenvalue weighted by molar-refractivity contribution is -0.151. The quantitative estimate of drug-likeness (QED) is 0.740. The molecule has 0 aromatic rings. The molecule has 0 aromatic heterocycles. The van der Waals surface area contributed by atoms with E-state index in [1.807, 2.05) is 4.90 Å². The molecule has 0 bridgehead atoms. The predicted octanol–water partition coefficient (Wildman–Crippen LogP) is 1.50. The Morgan fingerprint density at radius 2 is 2.27 bits per heavy atom. The van der Waals surface area contributed by atoms with E-state index in [4.69, 9.17) is 4.74 Å². The first-order valence-electron chi connectivity index (χ1n) is 8.16. The maximum atomic E-state index is 12.5. The summed E-state index contributed by atoms with van der Waals surface area (Å²) in [5.41, 5.74) is 1.27. The minimum atomic E-state index is -0.0538. The molecule has 2 fully saturated rings. The van der Waals surface area contributed by atoms with Crippen LogP contribution in [0.15, 0.2) is 24.3 Å². The molecule has 2 aliphatic heterocycles. The second-order valence-electron chi connectivity index (χ2n) is 6.34. The Hall–Kier alpha value is -1.62. The van der Waals surface area contributed by atoms with Crippen LogP contribution in [0.3, 0.4) is 0 Å². The second kappa shape index (κ2) is 6.65. The summed E-state index contributed by atoms with van der Waals surface area (Å²) in [5, 5.41) is 0. The molecule has 120 valence electrons. The van der Waals surface area contributed by atoms with E-state index in [9.17, 15) is 9.59 Å². The SMILES string of the molecule is C=CCN1C(=O)CO[C@@H]2CN(C(=O)CC3=CCCCC3)C[C@H]21. The summed E-state index contributed by atoms with van der Waals surface area (Å²) in [7, 11) is 0. The Balaban J connectivity index is 1.62. The van der Waals surface area contributed by atoms with Crippen LogP contribution in [-0.2, 0) is 14.3 Å². The average Bonchev–Trinajstić information content (AvgIpc) is 2.96. The van der Waals surface area contributed by atoms with E-state index in [0.29, 0.717) is 26.1 Å². The van der Waals surface area contributed by atoms with Crippen LogP contribution in [0.2, 0.25) is 0 Å². The van der Waals surface area contributed by atoms with Crippen molar-refractivity contribution in [3.63, 3.8) is 0 Å². The van der Waals surface area contributed by atoms with Gasteiger partial charge in [0.15, 0.2) is 0 Å². The molecule has 0 N–H and O–H groups in total. The molecule has 22 heavy (non-hydrogen) atoms. The lowest BCUT2D eigenvalue weighted by Gasteiger charge is -2.35. The van der Waals surface area contributed by atoms with Gasteiger partial charge in [-0.1, -0.05) is 17.7 Å². The minimum absolute atomic E-state index is 0.00885. The van der Waals surface area contributed by atoms with Gasteiger partial charge in [-0.3, -0.25) is 9.59 Å². The first kappa shape index (κ1) is 15.3. The van der Waals surface area contributed by atoms with Crippen LogP contribution < -0.4 is 0 Å². The fourth-order valence-corrected chi connectivity index (χ4v) is 3.62. The standard InChI is InChI=1S/C17H24N2O3/c1-2-8-19-14-10-18(11-15(14)22-12-17(19)21)16(20)9-13-6-4-3-5-7-13/h2,6,14-15H,1,3-5,7-12H2/t14-,15-/m1/s1. The lowest BCUT2D eigenvalue weighted by atomic mass is 9.97. The Kier molecular flexibility index (Phi) is 4.62. The fraction of sp³-hybridized carbons (Fsp3) is 0.647. The van der Waals surface area contributed by atoms with E-state index in [0.717, 1.165) is 12.8 Å². The van der Waals surface area contributed by atoms with Crippen molar-refractivity contribution in [1.29, 1.82) is 0 Å². The van der Waals surface area contributed by atoms with E-state index in [1.165, 1.54) is 18.4 Å². The number of allylic oxidation sites excluding steroid dienone is 1. The van der Waals surface area contributed by atoms with Gasteiger partial charge in [0.25, 0.3) is 0 Å². The number of hydrogen-bond donors (Lipinski definition) is 0. The van der Waals surface area contributed by atoms with Gasteiger partial charge in [0.1, 0.15) is 6.61 Å². The van der Waals surface area contributed by atoms with E-state index < -0.39 is 0 Å². The number of amides is 2. The zero-order valence-electron chi connectivity index (χ0n) is 13.0. The van der Waals surface area contributed by atoms with Crippen molar-refractivity contribution in [2.75, 3.05) is 26.2 Å². The van der Waals surface area contributed by atoms with Gasteiger partial charge in [-0.05, 0) is 25.7 Å². The molecule has 5 heteroatoms. The second-order valence-corrected chi connectivity index (χ2v) is 6.34. The smallest absolute Gasteiger partial charge is 0.249 e. The van der Waals surface area contributed by atoms with Gasteiger partial charge >= 0.3 is 0 Å². The van der Waals surface area contributed by atoms with E-state index in [1.54, 1.807) is 11.0 Å². The molecule has 2 atom stereocenters. The van der Waals surface area contributed by atoms with Gasteiger partial charge in [0.2, 0.25) is 11.8 Å². The van der Waals surface area contributed by atoms with E-state index >= 15 is 0 Å². The van der Waals surface area contributed by atoms with Gasteiger partial charge < -0.3 is 14.5 Å². The van der Waals surface area contributed by atoms with Crippen LogP contribution in [0.1, 0.15) is 32.1 Å². The molecular formula is C17H24N2O3. The Morgan fingerprint density at radius 1 is 1.41 bits per heavy atom. The molecule has 3 rings (SSSR count). The number of fused-ring (bicyclic) bond motifs is 1. The third kappa shape index (κ3) is 3.09. The van der Waals surface area contributed by atoms with Gasteiger partial charge in [-0.15, -0.1) is 6.58 Å². The molecule has 3 aliphatic rings.